The summed E-state index contributed by atoms with van der Waals surface area (Å²) in [4.78, 5) is 24.9. The number of hydrogen-bond donors (Lipinski definition) is 3. The molecule has 0 saturated carbocycles. The van der Waals surface area contributed by atoms with Gasteiger partial charge in [0.1, 0.15) is 6.04 Å². The van der Waals surface area contributed by atoms with Crippen LogP contribution in [-0.4, -0.2) is 23.9 Å². The van der Waals surface area contributed by atoms with E-state index in [9.17, 15) is 9.59 Å². The van der Waals surface area contributed by atoms with E-state index in [2.05, 4.69) is 22.0 Å². The third kappa shape index (κ3) is 4.11. The summed E-state index contributed by atoms with van der Waals surface area (Å²) in [6.07, 6.45) is 0.632. The Morgan fingerprint density at radius 2 is 1.81 bits per heavy atom. The van der Waals surface area contributed by atoms with Crippen LogP contribution in [0.3, 0.4) is 0 Å². The molecule has 2 aromatic rings. The first-order valence-electron chi connectivity index (χ1n) is 8.92. The maximum Gasteiger partial charge on any atom is 0.246 e. The summed E-state index contributed by atoms with van der Waals surface area (Å²) in [6, 6.07) is 12.9. The monoisotopic (exact) mass is 351 g/mol. The van der Waals surface area contributed by atoms with E-state index in [-0.39, 0.29) is 17.9 Å². The standard InChI is InChI=1S/C21H25N3O2/c1-13-8-9-18(10-14(13)2)24-20(25)15(3)23-21(26)19-11-16-6-4-5-7-17(16)12-22-19/h4-10,15,19,22H,11-12H2,1-3H3,(H,23,26)(H,24,25)/t15-,19+/m1/s1. The van der Waals surface area contributed by atoms with Gasteiger partial charge in [-0.25, -0.2) is 0 Å². The smallest absolute Gasteiger partial charge is 0.246 e. The third-order valence-electron chi connectivity index (χ3n) is 4.92. The molecule has 0 radical (unpaired) electrons. The summed E-state index contributed by atoms with van der Waals surface area (Å²) in [7, 11) is 0. The minimum absolute atomic E-state index is 0.151. The molecule has 0 bridgehead atoms. The molecule has 136 valence electrons. The van der Waals surface area contributed by atoms with Crippen LogP contribution in [0.5, 0.6) is 0 Å². The second-order valence-corrected chi connectivity index (χ2v) is 6.92. The van der Waals surface area contributed by atoms with Crippen molar-refractivity contribution in [3.05, 3.63) is 64.7 Å². The molecular weight excluding hydrogens is 326 g/mol. The van der Waals surface area contributed by atoms with Gasteiger partial charge in [0.05, 0.1) is 6.04 Å². The number of aryl methyl sites for hydroxylation is 2. The second-order valence-electron chi connectivity index (χ2n) is 6.92. The van der Waals surface area contributed by atoms with Crippen LogP contribution < -0.4 is 16.0 Å². The molecule has 0 fully saturated rings. The minimum atomic E-state index is -0.608. The maximum absolute atomic E-state index is 12.5. The SMILES string of the molecule is Cc1ccc(NC(=O)[C@@H](C)NC(=O)[C@@H]2Cc3ccccc3CN2)cc1C. The Labute approximate surface area is 154 Å². The average molecular weight is 351 g/mol. The fraction of sp³-hybridized carbons (Fsp3) is 0.333. The van der Waals surface area contributed by atoms with E-state index in [0.29, 0.717) is 13.0 Å². The van der Waals surface area contributed by atoms with E-state index in [0.717, 1.165) is 11.3 Å². The molecule has 0 aromatic heterocycles. The highest BCUT2D eigenvalue weighted by Gasteiger charge is 2.26. The number of rotatable bonds is 4. The van der Waals surface area contributed by atoms with Crippen LogP contribution in [0.25, 0.3) is 0 Å². The van der Waals surface area contributed by atoms with Crippen LogP contribution in [0, 0.1) is 13.8 Å². The molecule has 1 aliphatic heterocycles. The minimum Gasteiger partial charge on any atom is -0.343 e. The van der Waals surface area contributed by atoms with Gasteiger partial charge < -0.3 is 16.0 Å². The Morgan fingerprint density at radius 3 is 2.54 bits per heavy atom. The van der Waals surface area contributed by atoms with Gasteiger partial charge >= 0.3 is 0 Å². The Balaban J connectivity index is 1.57. The number of hydrogen-bond acceptors (Lipinski definition) is 3. The number of fused-ring (bicyclic) bond motifs is 1. The van der Waals surface area contributed by atoms with Crippen molar-refractivity contribution in [3.8, 4) is 0 Å². The van der Waals surface area contributed by atoms with E-state index < -0.39 is 6.04 Å². The lowest BCUT2D eigenvalue weighted by molar-refractivity contribution is -0.127. The molecule has 0 spiro atoms. The first kappa shape index (κ1) is 18.1. The van der Waals surface area contributed by atoms with Crippen molar-refractivity contribution >= 4 is 17.5 Å². The number of benzene rings is 2. The first-order valence-corrected chi connectivity index (χ1v) is 8.92. The van der Waals surface area contributed by atoms with Crippen molar-refractivity contribution in [2.24, 2.45) is 0 Å². The molecule has 2 atom stereocenters. The summed E-state index contributed by atoms with van der Waals surface area (Å²) in [5.41, 5.74) is 5.43. The molecule has 1 heterocycles. The number of anilines is 1. The van der Waals surface area contributed by atoms with Gasteiger partial charge in [0.25, 0.3) is 0 Å². The van der Waals surface area contributed by atoms with Crippen LogP contribution >= 0.6 is 0 Å². The topological polar surface area (TPSA) is 70.2 Å². The molecule has 5 nitrogen and oxygen atoms in total. The first-order chi connectivity index (χ1) is 12.4. The van der Waals surface area contributed by atoms with Crippen LogP contribution in [0.1, 0.15) is 29.2 Å². The molecule has 0 saturated heterocycles. The van der Waals surface area contributed by atoms with Gasteiger partial charge in [0, 0.05) is 12.2 Å². The number of carbonyl (C=O) groups is 2. The lowest BCUT2D eigenvalue weighted by Gasteiger charge is -2.26. The molecule has 3 rings (SSSR count). The van der Waals surface area contributed by atoms with Gasteiger partial charge in [-0.15, -0.1) is 0 Å². The predicted octanol–water partition coefficient (Wildman–Crippen LogP) is 2.46. The zero-order valence-electron chi connectivity index (χ0n) is 15.4. The molecule has 26 heavy (non-hydrogen) atoms. The van der Waals surface area contributed by atoms with Crippen molar-refractivity contribution in [2.45, 2.75) is 45.8 Å². The van der Waals surface area contributed by atoms with Gasteiger partial charge in [0.2, 0.25) is 11.8 Å². The average Bonchev–Trinajstić information content (AvgIpc) is 2.64. The molecule has 0 unspecified atom stereocenters. The lowest BCUT2D eigenvalue weighted by atomic mass is 9.95. The maximum atomic E-state index is 12.5. The highest BCUT2D eigenvalue weighted by molar-refractivity contribution is 5.97. The highest BCUT2D eigenvalue weighted by atomic mass is 16.2. The normalized spacial score (nSPS) is 17.1. The molecule has 3 N–H and O–H groups in total. The van der Waals surface area contributed by atoms with Crippen molar-refractivity contribution in [3.63, 3.8) is 0 Å². The summed E-state index contributed by atoms with van der Waals surface area (Å²) in [5.74, 6) is -0.375. The van der Waals surface area contributed by atoms with E-state index >= 15 is 0 Å². The Kier molecular flexibility index (Phi) is 5.38. The number of nitrogens with one attached hydrogen (secondary N) is 3. The van der Waals surface area contributed by atoms with Gasteiger partial charge in [0.15, 0.2) is 0 Å². The zero-order chi connectivity index (χ0) is 18.7. The summed E-state index contributed by atoms with van der Waals surface area (Å²) in [6.45, 7) is 6.39. The van der Waals surface area contributed by atoms with Crippen molar-refractivity contribution in [1.82, 2.24) is 10.6 Å². The lowest BCUT2D eigenvalue weighted by Crippen LogP contribution is -2.52. The van der Waals surface area contributed by atoms with Crippen molar-refractivity contribution < 1.29 is 9.59 Å². The third-order valence-corrected chi connectivity index (χ3v) is 4.92. The largest absolute Gasteiger partial charge is 0.343 e. The number of amides is 2. The predicted molar refractivity (Wildman–Crippen MR) is 103 cm³/mol. The van der Waals surface area contributed by atoms with Crippen molar-refractivity contribution in [2.75, 3.05) is 5.32 Å². The molecule has 0 aliphatic carbocycles. The van der Waals surface area contributed by atoms with Gasteiger partial charge in [-0.1, -0.05) is 30.3 Å². The molecule has 2 aromatic carbocycles. The van der Waals surface area contributed by atoms with Gasteiger partial charge in [-0.3, -0.25) is 9.59 Å². The van der Waals surface area contributed by atoms with E-state index in [4.69, 9.17) is 0 Å². The molecule has 2 amide bonds. The van der Waals surface area contributed by atoms with Crippen LogP contribution in [0.15, 0.2) is 42.5 Å². The Morgan fingerprint density at radius 1 is 1.08 bits per heavy atom. The van der Waals surface area contributed by atoms with E-state index in [1.54, 1.807) is 6.92 Å². The zero-order valence-corrected chi connectivity index (χ0v) is 15.4. The van der Waals surface area contributed by atoms with Gasteiger partial charge in [-0.2, -0.15) is 0 Å². The highest BCUT2D eigenvalue weighted by Crippen LogP contribution is 2.17. The number of carbonyl (C=O) groups excluding carboxylic acids is 2. The Bertz CT molecular complexity index is 832. The van der Waals surface area contributed by atoms with Gasteiger partial charge in [-0.05, 0) is 61.6 Å². The second kappa shape index (κ2) is 7.70. The molecular formula is C21H25N3O2. The van der Waals surface area contributed by atoms with Crippen LogP contribution in [0.4, 0.5) is 5.69 Å². The summed E-state index contributed by atoms with van der Waals surface area (Å²) < 4.78 is 0. The summed E-state index contributed by atoms with van der Waals surface area (Å²) >= 11 is 0. The van der Waals surface area contributed by atoms with E-state index in [1.807, 2.05) is 50.2 Å². The fourth-order valence-corrected chi connectivity index (χ4v) is 3.09. The fourth-order valence-electron chi connectivity index (χ4n) is 3.09. The van der Waals surface area contributed by atoms with Crippen LogP contribution in [-0.2, 0) is 22.6 Å². The molecule has 5 heteroatoms. The summed E-state index contributed by atoms with van der Waals surface area (Å²) in [5, 5.41) is 8.91. The molecule has 1 aliphatic rings. The van der Waals surface area contributed by atoms with E-state index in [1.165, 1.54) is 16.7 Å². The Hall–Kier alpha value is -2.66. The quantitative estimate of drug-likeness (QED) is 0.792. The van der Waals surface area contributed by atoms with Crippen LogP contribution in [0.2, 0.25) is 0 Å². The van der Waals surface area contributed by atoms with Crippen molar-refractivity contribution in [1.29, 1.82) is 0 Å².